The van der Waals surface area contributed by atoms with Crippen LogP contribution in [0.5, 0.6) is 11.5 Å². The Hall–Kier alpha value is -3.07. The van der Waals surface area contributed by atoms with E-state index in [9.17, 15) is 8.78 Å². The van der Waals surface area contributed by atoms with Crippen LogP contribution in [-0.4, -0.2) is 34.8 Å². The van der Waals surface area contributed by atoms with Crippen molar-refractivity contribution in [2.24, 2.45) is 5.10 Å². The highest BCUT2D eigenvalue weighted by molar-refractivity contribution is 7.71. The molecule has 6 nitrogen and oxygen atoms in total. The first kappa shape index (κ1) is 17.7. The summed E-state index contributed by atoms with van der Waals surface area (Å²) in [6.45, 7) is -2.92. The van der Waals surface area contributed by atoms with E-state index in [2.05, 4.69) is 20.0 Å². The molecule has 0 saturated carbocycles. The molecule has 0 atom stereocenters. The standard InChI is InChI=1S/C17H14F2N4O2S/c1-24-13-7-4-6-11(9-13)15-21-22-17(26)23(15)20-10-12-5-2-3-8-14(12)25-16(18)19/h2-10,16H,1H3,(H,22,26)/b20-10-. The minimum absolute atomic E-state index is 0.0178. The summed E-state index contributed by atoms with van der Waals surface area (Å²) >= 11 is 5.20. The van der Waals surface area contributed by atoms with Crippen molar-refractivity contribution in [3.63, 3.8) is 0 Å². The normalized spacial score (nSPS) is 11.2. The second-order valence-electron chi connectivity index (χ2n) is 5.06. The van der Waals surface area contributed by atoms with Crippen LogP contribution in [0.3, 0.4) is 0 Å². The number of hydrogen-bond donors (Lipinski definition) is 1. The van der Waals surface area contributed by atoms with Crippen molar-refractivity contribution in [1.29, 1.82) is 0 Å². The smallest absolute Gasteiger partial charge is 0.387 e. The van der Waals surface area contributed by atoms with Crippen molar-refractivity contribution >= 4 is 18.4 Å². The second-order valence-corrected chi connectivity index (χ2v) is 5.44. The SMILES string of the molecule is COc1cccc(-c2n[nH]c(=S)n2/N=C\c2ccccc2OC(F)F)c1. The second kappa shape index (κ2) is 7.87. The van der Waals surface area contributed by atoms with Gasteiger partial charge in [0.05, 0.1) is 13.3 Å². The van der Waals surface area contributed by atoms with Gasteiger partial charge >= 0.3 is 6.61 Å². The number of methoxy groups -OCH3 is 1. The summed E-state index contributed by atoms with van der Waals surface area (Å²) in [7, 11) is 1.56. The van der Waals surface area contributed by atoms with Gasteiger partial charge in [0.1, 0.15) is 11.5 Å². The molecule has 0 aliphatic carbocycles. The molecule has 1 aromatic heterocycles. The van der Waals surface area contributed by atoms with Crippen LogP contribution in [0.1, 0.15) is 5.56 Å². The molecule has 2 aromatic carbocycles. The Morgan fingerprint density at radius 1 is 1.23 bits per heavy atom. The Labute approximate surface area is 152 Å². The van der Waals surface area contributed by atoms with E-state index >= 15 is 0 Å². The minimum atomic E-state index is -2.92. The molecule has 3 rings (SSSR count). The lowest BCUT2D eigenvalue weighted by molar-refractivity contribution is -0.0499. The highest BCUT2D eigenvalue weighted by atomic mass is 32.1. The van der Waals surface area contributed by atoms with Gasteiger partial charge < -0.3 is 9.47 Å². The first-order valence-electron chi connectivity index (χ1n) is 7.48. The quantitative estimate of drug-likeness (QED) is 0.520. The van der Waals surface area contributed by atoms with Gasteiger partial charge in [-0.05, 0) is 36.5 Å². The molecule has 1 heterocycles. The lowest BCUT2D eigenvalue weighted by atomic mass is 10.2. The van der Waals surface area contributed by atoms with Crippen molar-refractivity contribution in [1.82, 2.24) is 14.9 Å². The fraction of sp³-hybridized carbons (Fsp3) is 0.118. The monoisotopic (exact) mass is 376 g/mol. The molecule has 0 bridgehead atoms. The van der Waals surface area contributed by atoms with Gasteiger partial charge in [-0.15, -0.1) is 0 Å². The summed E-state index contributed by atoms with van der Waals surface area (Å²) in [4.78, 5) is 0. The van der Waals surface area contributed by atoms with Crippen LogP contribution in [0.15, 0.2) is 53.6 Å². The van der Waals surface area contributed by atoms with Crippen molar-refractivity contribution < 1.29 is 18.3 Å². The summed E-state index contributed by atoms with van der Waals surface area (Å²) in [5, 5.41) is 11.1. The predicted octanol–water partition coefficient (Wildman–Crippen LogP) is 4.10. The van der Waals surface area contributed by atoms with Crippen LogP contribution in [0, 0.1) is 4.77 Å². The molecule has 0 unspecified atom stereocenters. The topological polar surface area (TPSA) is 64.4 Å². The number of hydrogen-bond acceptors (Lipinski definition) is 5. The lowest BCUT2D eigenvalue weighted by Gasteiger charge is -2.07. The molecule has 134 valence electrons. The Balaban J connectivity index is 1.98. The minimum Gasteiger partial charge on any atom is -0.497 e. The van der Waals surface area contributed by atoms with Crippen LogP contribution >= 0.6 is 12.2 Å². The number of para-hydroxylation sites is 1. The van der Waals surface area contributed by atoms with Gasteiger partial charge in [-0.3, -0.25) is 0 Å². The number of nitrogens with one attached hydrogen (secondary N) is 1. The third-order valence-electron chi connectivity index (χ3n) is 3.43. The van der Waals surface area contributed by atoms with Gasteiger partial charge in [0, 0.05) is 11.1 Å². The van der Waals surface area contributed by atoms with Gasteiger partial charge in [-0.25, -0.2) is 5.10 Å². The van der Waals surface area contributed by atoms with Crippen molar-refractivity contribution in [2.75, 3.05) is 7.11 Å². The van der Waals surface area contributed by atoms with Crippen LogP contribution < -0.4 is 9.47 Å². The highest BCUT2D eigenvalue weighted by Gasteiger charge is 2.10. The van der Waals surface area contributed by atoms with Gasteiger partial charge in [0.2, 0.25) is 4.77 Å². The number of nitrogens with zero attached hydrogens (tertiary/aromatic N) is 3. The maximum absolute atomic E-state index is 12.5. The Kier molecular flexibility index (Phi) is 5.37. The van der Waals surface area contributed by atoms with E-state index in [1.807, 2.05) is 12.1 Å². The number of H-pyrrole nitrogens is 1. The number of aromatic nitrogens is 3. The van der Waals surface area contributed by atoms with Crippen molar-refractivity contribution in [3.05, 3.63) is 58.9 Å². The van der Waals surface area contributed by atoms with Gasteiger partial charge in [0.25, 0.3) is 0 Å². The van der Waals surface area contributed by atoms with Gasteiger partial charge in [-0.2, -0.15) is 23.7 Å². The van der Waals surface area contributed by atoms with Crippen LogP contribution in [0.4, 0.5) is 8.78 Å². The molecule has 3 aromatic rings. The molecule has 0 fully saturated rings. The zero-order valence-corrected chi connectivity index (χ0v) is 14.4. The largest absolute Gasteiger partial charge is 0.497 e. The van der Waals surface area contributed by atoms with E-state index < -0.39 is 6.61 Å². The fourth-order valence-corrected chi connectivity index (χ4v) is 2.44. The number of benzene rings is 2. The van der Waals surface area contributed by atoms with Crippen molar-refractivity contribution in [2.45, 2.75) is 6.61 Å². The average Bonchev–Trinajstić information content (AvgIpc) is 3.01. The molecule has 0 radical (unpaired) electrons. The van der Waals surface area contributed by atoms with Crippen molar-refractivity contribution in [3.8, 4) is 22.9 Å². The van der Waals surface area contributed by atoms with Crippen LogP contribution in [0.2, 0.25) is 0 Å². The summed E-state index contributed by atoms with van der Waals surface area (Å²) in [6, 6.07) is 13.6. The summed E-state index contributed by atoms with van der Waals surface area (Å²) in [5.41, 5.74) is 1.11. The Morgan fingerprint density at radius 2 is 2.04 bits per heavy atom. The maximum Gasteiger partial charge on any atom is 0.387 e. The third-order valence-corrected chi connectivity index (χ3v) is 3.69. The molecule has 9 heteroatoms. The number of rotatable bonds is 6. The van der Waals surface area contributed by atoms with E-state index in [0.717, 1.165) is 5.56 Å². The third kappa shape index (κ3) is 3.94. The zero-order valence-electron chi connectivity index (χ0n) is 13.6. The Morgan fingerprint density at radius 3 is 2.81 bits per heavy atom. The molecule has 0 aliphatic rings. The lowest BCUT2D eigenvalue weighted by Crippen LogP contribution is -2.04. The number of ether oxygens (including phenoxy) is 2. The maximum atomic E-state index is 12.5. The predicted molar refractivity (Wildman–Crippen MR) is 95.5 cm³/mol. The zero-order chi connectivity index (χ0) is 18.5. The number of halogens is 2. The summed E-state index contributed by atoms with van der Waals surface area (Å²) in [5.74, 6) is 1.13. The molecular formula is C17H14F2N4O2S. The molecule has 26 heavy (non-hydrogen) atoms. The molecule has 0 aliphatic heterocycles. The van der Waals surface area contributed by atoms with Crippen LogP contribution in [0.25, 0.3) is 11.4 Å². The first-order chi connectivity index (χ1) is 12.6. The van der Waals surface area contributed by atoms with Crippen LogP contribution in [-0.2, 0) is 0 Å². The summed E-state index contributed by atoms with van der Waals surface area (Å²) < 4.78 is 36.4. The Bertz CT molecular complexity index is 985. The molecule has 0 amide bonds. The fourth-order valence-electron chi connectivity index (χ4n) is 2.26. The molecule has 1 N–H and O–H groups in total. The molecular weight excluding hydrogens is 362 g/mol. The van der Waals surface area contributed by atoms with E-state index in [1.165, 1.54) is 17.0 Å². The van der Waals surface area contributed by atoms with E-state index in [4.69, 9.17) is 17.0 Å². The number of aromatic amines is 1. The van der Waals surface area contributed by atoms with Gasteiger partial charge in [0.15, 0.2) is 5.82 Å². The molecule has 0 saturated heterocycles. The summed E-state index contributed by atoms with van der Waals surface area (Å²) in [6.07, 6.45) is 1.38. The number of alkyl halides is 2. The highest BCUT2D eigenvalue weighted by Crippen LogP contribution is 2.23. The van der Waals surface area contributed by atoms with E-state index in [-0.39, 0.29) is 10.5 Å². The van der Waals surface area contributed by atoms with Gasteiger partial charge in [-0.1, -0.05) is 24.3 Å². The van der Waals surface area contributed by atoms with E-state index in [1.54, 1.807) is 37.4 Å². The first-order valence-corrected chi connectivity index (χ1v) is 7.89. The average molecular weight is 376 g/mol. The van der Waals surface area contributed by atoms with E-state index in [0.29, 0.717) is 17.1 Å². The molecule has 0 spiro atoms.